The number of ether oxygens (including phenoxy) is 1. The SMILES string of the molecule is COC(=O)c1ccc(NC(=O)CCCCCCCCCCCCCCC(C)=O)cc1. The summed E-state index contributed by atoms with van der Waals surface area (Å²) in [7, 11) is 1.35. The Balaban J connectivity index is 1.92. The minimum atomic E-state index is -0.381. The molecule has 0 saturated heterocycles. The Labute approximate surface area is 182 Å². The zero-order valence-corrected chi connectivity index (χ0v) is 18.8. The van der Waals surface area contributed by atoms with Crippen LogP contribution >= 0.6 is 0 Å². The summed E-state index contributed by atoms with van der Waals surface area (Å²) < 4.78 is 4.66. The summed E-state index contributed by atoms with van der Waals surface area (Å²) in [6.45, 7) is 1.67. The van der Waals surface area contributed by atoms with Crippen molar-refractivity contribution in [2.75, 3.05) is 12.4 Å². The third-order valence-electron chi connectivity index (χ3n) is 5.27. The van der Waals surface area contributed by atoms with E-state index in [1.807, 2.05) is 0 Å². The largest absolute Gasteiger partial charge is 0.465 e. The molecule has 1 rings (SSSR count). The molecule has 1 aromatic carbocycles. The zero-order chi connectivity index (χ0) is 22.0. The van der Waals surface area contributed by atoms with Crippen LogP contribution in [0.5, 0.6) is 0 Å². The lowest BCUT2D eigenvalue weighted by molar-refractivity contribution is -0.117. The lowest BCUT2D eigenvalue weighted by atomic mass is 10.0. The Morgan fingerprint density at radius 1 is 0.700 bits per heavy atom. The number of rotatable bonds is 17. The van der Waals surface area contributed by atoms with Gasteiger partial charge in [0.2, 0.25) is 5.91 Å². The van der Waals surface area contributed by atoms with Gasteiger partial charge in [0.1, 0.15) is 5.78 Å². The Morgan fingerprint density at radius 3 is 1.57 bits per heavy atom. The summed E-state index contributed by atoms with van der Waals surface area (Å²) >= 11 is 0. The van der Waals surface area contributed by atoms with Gasteiger partial charge in [-0.3, -0.25) is 4.79 Å². The number of carbonyl (C=O) groups excluding carboxylic acids is 3. The molecule has 1 amide bonds. The second-order valence-electron chi connectivity index (χ2n) is 8.06. The number of hydrogen-bond donors (Lipinski definition) is 1. The summed E-state index contributed by atoms with van der Waals surface area (Å²) in [6.07, 6.45) is 15.7. The van der Waals surface area contributed by atoms with Gasteiger partial charge in [-0.25, -0.2) is 4.79 Å². The quantitative estimate of drug-likeness (QED) is 0.233. The minimum Gasteiger partial charge on any atom is -0.465 e. The van der Waals surface area contributed by atoms with Crippen molar-refractivity contribution >= 4 is 23.3 Å². The van der Waals surface area contributed by atoms with Crippen molar-refractivity contribution in [3.8, 4) is 0 Å². The Bertz CT molecular complexity index is 625. The fourth-order valence-corrected chi connectivity index (χ4v) is 3.46. The number of hydrogen-bond acceptors (Lipinski definition) is 4. The molecule has 0 saturated carbocycles. The molecule has 1 aromatic rings. The van der Waals surface area contributed by atoms with E-state index in [0.29, 0.717) is 23.5 Å². The Hall–Kier alpha value is -2.17. The van der Waals surface area contributed by atoms with Crippen molar-refractivity contribution in [3.05, 3.63) is 29.8 Å². The van der Waals surface area contributed by atoms with Crippen LogP contribution in [0.2, 0.25) is 0 Å². The van der Waals surface area contributed by atoms with E-state index in [1.54, 1.807) is 31.2 Å². The fraction of sp³-hybridized carbons (Fsp3) is 0.640. The number of Topliss-reactive ketones (excluding diaryl/α,β-unsaturated/α-hetero) is 1. The third-order valence-corrected chi connectivity index (χ3v) is 5.27. The molecule has 168 valence electrons. The van der Waals surface area contributed by atoms with E-state index in [1.165, 1.54) is 64.9 Å². The van der Waals surface area contributed by atoms with Gasteiger partial charge in [0.25, 0.3) is 0 Å². The second-order valence-corrected chi connectivity index (χ2v) is 8.06. The maximum absolute atomic E-state index is 12.0. The van der Waals surface area contributed by atoms with Crippen molar-refractivity contribution in [3.63, 3.8) is 0 Å². The van der Waals surface area contributed by atoms with Crippen LogP contribution in [0.25, 0.3) is 0 Å². The molecule has 0 radical (unpaired) electrons. The van der Waals surface area contributed by atoms with Gasteiger partial charge in [-0.1, -0.05) is 64.2 Å². The first kappa shape index (κ1) is 25.9. The molecule has 0 aliphatic heterocycles. The molecule has 0 heterocycles. The van der Waals surface area contributed by atoms with Crippen LogP contribution in [0.1, 0.15) is 107 Å². The van der Waals surface area contributed by atoms with Gasteiger partial charge in [0.15, 0.2) is 0 Å². The maximum atomic E-state index is 12.0. The summed E-state index contributed by atoms with van der Waals surface area (Å²) in [5.74, 6) is -0.0551. The van der Waals surface area contributed by atoms with Crippen LogP contribution in [-0.2, 0) is 14.3 Å². The van der Waals surface area contributed by atoms with Crippen molar-refractivity contribution in [1.29, 1.82) is 0 Å². The van der Waals surface area contributed by atoms with Crippen LogP contribution in [0.15, 0.2) is 24.3 Å². The number of amides is 1. The van der Waals surface area contributed by atoms with E-state index in [9.17, 15) is 14.4 Å². The number of ketones is 1. The highest BCUT2D eigenvalue weighted by Gasteiger charge is 2.06. The molecular formula is C25H39NO4. The van der Waals surface area contributed by atoms with Crippen LogP contribution in [0.4, 0.5) is 5.69 Å². The van der Waals surface area contributed by atoms with E-state index in [2.05, 4.69) is 10.1 Å². The molecule has 0 unspecified atom stereocenters. The van der Waals surface area contributed by atoms with Crippen molar-refractivity contribution in [2.45, 2.75) is 96.8 Å². The molecule has 0 aliphatic carbocycles. The number of anilines is 1. The second kappa shape index (κ2) is 16.6. The number of esters is 1. The highest BCUT2D eigenvalue weighted by Crippen LogP contribution is 2.14. The number of nitrogens with one attached hydrogen (secondary N) is 1. The van der Waals surface area contributed by atoms with Crippen LogP contribution in [-0.4, -0.2) is 24.8 Å². The van der Waals surface area contributed by atoms with Crippen LogP contribution < -0.4 is 5.32 Å². The summed E-state index contributed by atoms with van der Waals surface area (Å²) in [5, 5.41) is 2.87. The molecule has 1 N–H and O–H groups in total. The van der Waals surface area contributed by atoms with E-state index in [0.717, 1.165) is 25.7 Å². The number of benzene rings is 1. The van der Waals surface area contributed by atoms with Crippen LogP contribution in [0, 0.1) is 0 Å². The first-order chi connectivity index (χ1) is 14.5. The molecule has 0 aromatic heterocycles. The van der Waals surface area contributed by atoms with Gasteiger partial charge in [-0.05, 0) is 44.0 Å². The van der Waals surface area contributed by atoms with Gasteiger partial charge in [0.05, 0.1) is 12.7 Å². The summed E-state index contributed by atoms with van der Waals surface area (Å²) in [4.78, 5) is 34.3. The average molecular weight is 418 g/mol. The first-order valence-corrected chi connectivity index (χ1v) is 11.5. The molecule has 5 heteroatoms. The normalized spacial score (nSPS) is 10.6. The van der Waals surface area contributed by atoms with Gasteiger partial charge < -0.3 is 14.8 Å². The lowest BCUT2D eigenvalue weighted by Crippen LogP contribution is -2.11. The molecule has 0 spiro atoms. The summed E-state index contributed by atoms with van der Waals surface area (Å²) in [5.41, 5.74) is 1.17. The fourth-order valence-electron chi connectivity index (χ4n) is 3.46. The molecule has 0 bridgehead atoms. The summed E-state index contributed by atoms with van der Waals surface area (Å²) in [6, 6.07) is 6.73. The zero-order valence-electron chi connectivity index (χ0n) is 18.8. The highest BCUT2D eigenvalue weighted by atomic mass is 16.5. The van der Waals surface area contributed by atoms with Crippen LogP contribution in [0.3, 0.4) is 0 Å². The topological polar surface area (TPSA) is 72.5 Å². The number of carbonyl (C=O) groups is 3. The van der Waals surface area contributed by atoms with Crippen molar-refractivity contribution in [2.24, 2.45) is 0 Å². The van der Waals surface area contributed by atoms with Crippen molar-refractivity contribution < 1.29 is 19.1 Å². The third kappa shape index (κ3) is 13.1. The maximum Gasteiger partial charge on any atom is 0.337 e. The molecule has 5 nitrogen and oxygen atoms in total. The molecule has 0 atom stereocenters. The predicted octanol–water partition coefficient (Wildman–Crippen LogP) is 6.46. The predicted molar refractivity (Wildman–Crippen MR) is 122 cm³/mol. The van der Waals surface area contributed by atoms with E-state index in [-0.39, 0.29) is 11.9 Å². The smallest absolute Gasteiger partial charge is 0.337 e. The lowest BCUT2D eigenvalue weighted by Gasteiger charge is -2.06. The molecule has 30 heavy (non-hydrogen) atoms. The standard InChI is InChI=1S/C25H39NO4/c1-21(27)15-13-11-9-7-5-3-4-6-8-10-12-14-16-24(28)26-23-19-17-22(18-20-23)25(29)30-2/h17-20H,3-16H2,1-2H3,(H,26,28). The van der Waals surface area contributed by atoms with E-state index in [4.69, 9.17) is 0 Å². The van der Waals surface area contributed by atoms with Gasteiger partial charge in [-0.2, -0.15) is 0 Å². The van der Waals surface area contributed by atoms with Crippen molar-refractivity contribution in [1.82, 2.24) is 0 Å². The average Bonchev–Trinajstić information content (AvgIpc) is 2.73. The molecule has 0 fully saturated rings. The van der Waals surface area contributed by atoms with Gasteiger partial charge >= 0.3 is 5.97 Å². The van der Waals surface area contributed by atoms with Gasteiger partial charge in [-0.15, -0.1) is 0 Å². The highest BCUT2D eigenvalue weighted by molar-refractivity contribution is 5.93. The monoisotopic (exact) mass is 417 g/mol. The minimum absolute atomic E-state index is 0.0177. The Morgan fingerprint density at radius 2 is 1.13 bits per heavy atom. The number of methoxy groups -OCH3 is 1. The molecular weight excluding hydrogens is 378 g/mol. The van der Waals surface area contributed by atoms with E-state index < -0.39 is 0 Å². The Kier molecular flexibility index (Phi) is 14.3. The number of unbranched alkanes of at least 4 members (excludes halogenated alkanes) is 11. The van der Waals surface area contributed by atoms with Gasteiger partial charge in [0, 0.05) is 18.5 Å². The van der Waals surface area contributed by atoms with E-state index >= 15 is 0 Å². The first-order valence-electron chi connectivity index (χ1n) is 11.5. The molecule has 0 aliphatic rings.